The van der Waals surface area contributed by atoms with E-state index in [1.165, 1.54) is 16.7 Å². The molecule has 0 fully saturated rings. The van der Waals surface area contributed by atoms with Gasteiger partial charge in [-0.2, -0.15) is 0 Å². The lowest BCUT2D eigenvalue weighted by Crippen LogP contribution is -2.03. The highest BCUT2D eigenvalue weighted by Crippen LogP contribution is 2.35. The van der Waals surface area contributed by atoms with Gasteiger partial charge in [0.25, 0.3) is 0 Å². The second-order valence-electron chi connectivity index (χ2n) is 5.22. The smallest absolute Gasteiger partial charge is 0.124 e. The van der Waals surface area contributed by atoms with Crippen LogP contribution < -0.4 is 4.74 Å². The molecule has 0 bridgehead atoms. The van der Waals surface area contributed by atoms with Gasteiger partial charge < -0.3 is 4.74 Å². The molecule has 3 heteroatoms. The molecule has 1 atom stereocenters. The maximum absolute atomic E-state index is 6.68. The summed E-state index contributed by atoms with van der Waals surface area (Å²) >= 11 is 10.2. The van der Waals surface area contributed by atoms with Crippen LogP contribution in [0, 0.1) is 13.8 Å². The van der Waals surface area contributed by atoms with Gasteiger partial charge in [-0.3, -0.25) is 0 Å². The summed E-state index contributed by atoms with van der Waals surface area (Å²) in [5.74, 6) is 0.867. The Balaban J connectivity index is 2.29. The van der Waals surface area contributed by atoms with Crippen molar-refractivity contribution in [1.29, 1.82) is 0 Å². The van der Waals surface area contributed by atoms with Crippen molar-refractivity contribution >= 4 is 27.5 Å². The first-order chi connectivity index (χ1) is 10.0. The Bertz CT molecular complexity index is 625. The van der Waals surface area contributed by atoms with Crippen molar-refractivity contribution in [3.8, 4) is 5.75 Å². The molecule has 0 saturated heterocycles. The molecule has 0 aromatic heterocycles. The lowest BCUT2D eigenvalue weighted by atomic mass is 9.98. The number of alkyl halides is 1. The lowest BCUT2D eigenvalue weighted by Gasteiger charge is -2.17. The highest BCUT2D eigenvalue weighted by Gasteiger charge is 2.16. The quantitative estimate of drug-likeness (QED) is 0.590. The van der Waals surface area contributed by atoms with E-state index in [0.717, 1.165) is 22.2 Å². The zero-order chi connectivity index (χ0) is 15.4. The predicted octanol–water partition coefficient (Wildman–Crippen LogP) is 5.99. The first kappa shape index (κ1) is 16.4. The molecule has 0 radical (unpaired) electrons. The SMILES string of the molecule is CCOc1ccc(Br)cc1C(Cl)Cc1cc(C)ccc1C. The molecule has 0 aliphatic carbocycles. The number of aryl methyl sites for hydroxylation is 2. The summed E-state index contributed by atoms with van der Waals surface area (Å²) in [6.45, 7) is 6.86. The Morgan fingerprint density at radius 2 is 1.90 bits per heavy atom. The fourth-order valence-electron chi connectivity index (χ4n) is 2.37. The summed E-state index contributed by atoms with van der Waals surface area (Å²) in [6, 6.07) is 12.5. The molecule has 0 N–H and O–H groups in total. The van der Waals surface area contributed by atoms with Crippen molar-refractivity contribution in [2.75, 3.05) is 6.61 Å². The molecule has 0 amide bonds. The summed E-state index contributed by atoms with van der Waals surface area (Å²) < 4.78 is 6.72. The van der Waals surface area contributed by atoms with Gasteiger partial charge in [0.15, 0.2) is 0 Å². The van der Waals surface area contributed by atoms with Crippen LogP contribution in [0.25, 0.3) is 0 Å². The third-order valence-electron chi connectivity index (χ3n) is 3.51. The van der Waals surface area contributed by atoms with E-state index in [4.69, 9.17) is 16.3 Å². The van der Waals surface area contributed by atoms with E-state index in [-0.39, 0.29) is 5.38 Å². The van der Waals surface area contributed by atoms with Crippen LogP contribution in [0.1, 0.15) is 34.6 Å². The normalized spacial score (nSPS) is 12.2. The fraction of sp³-hybridized carbons (Fsp3) is 0.333. The van der Waals surface area contributed by atoms with Crippen LogP contribution in [0.3, 0.4) is 0 Å². The van der Waals surface area contributed by atoms with Gasteiger partial charge >= 0.3 is 0 Å². The van der Waals surface area contributed by atoms with Gasteiger partial charge in [0.2, 0.25) is 0 Å². The standard InChI is InChI=1S/C18H20BrClO/c1-4-21-18-8-7-15(19)11-16(18)17(20)10-14-9-12(2)5-6-13(14)3/h5-9,11,17H,4,10H2,1-3H3. The van der Waals surface area contributed by atoms with E-state index >= 15 is 0 Å². The number of hydrogen-bond donors (Lipinski definition) is 0. The van der Waals surface area contributed by atoms with Gasteiger partial charge in [0.1, 0.15) is 5.75 Å². The minimum absolute atomic E-state index is 0.107. The van der Waals surface area contributed by atoms with E-state index in [0.29, 0.717) is 6.61 Å². The lowest BCUT2D eigenvalue weighted by molar-refractivity contribution is 0.336. The van der Waals surface area contributed by atoms with Gasteiger partial charge in [0, 0.05) is 10.0 Å². The van der Waals surface area contributed by atoms with Crippen LogP contribution in [0.15, 0.2) is 40.9 Å². The minimum Gasteiger partial charge on any atom is -0.494 e. The molecule has 0 spiro atoms. The average molecular weight is 368 g/mol. The minimum atomic E-state index is -0.107. The molecular formula is C18H20BrClO. The van der Waals surface area contributed by atoms with Crippen molar-refractivity contribution in [2.45, 2.75) is 32.6 Å². The van der Waals surface area contributed by atoms with Gasteiger partial charge in [-0.05, 0) is 56.5 Å². The van der Waals surface area contributed by atoms with Crippen LogP contribution in [-0.2, 0) is 6.42 Å². The number of ether oxygens (including phenoxy) is 1. The summed E-state index contributed by atoms with van der Waals surface area (Å²) in [5.41, 5.74) is 4.86. The predicted molar refractivity (Wildman–Crippen MR) is 93.5 cm³/mol. The molecule has 1 nitrogen and oxygen atoms in total. The number of rotatable bonds is 5. The van der Waals surface area contributed by atoms with Gasteiger partial charge in [-0.25, -0.2) is 0 Å². The topological polar surface area (TPSA) is 9.23 Å². The average Bonchev–Trinajstić information content (AvgIpc) is 2.45. The van der Waals surface area contributed by atoms with Crippen molar-refractivity contribution in [2.24, 2.45) is 0 Å². The molecule has 21 heavy (non-hydrogen) atoms. The third-order valence-corrected chi connectivity index (χ3v) is 4.40. The van der Waals surface area contributed by atoms with Crippen molar-refractivity contribution in [1.82, 2.24) is 0 Å². The summed E-state index contributed by atoms with van der Waals surface area (Å²) in [5, 5.41) is -0.107. The molecule has 2 rings (SSSR count). The second-order valence-corrected chi connectivity index (χ2v) is 6.66. The Labute approximate surface area is 140 Å². The monoisotopic (exact) mass is 366 g/mol. The Hall–Kier alpha value is -0.990. The van der Waals surface area contributed by atoms with Crippen molar-refractivity contribution < 1.29 is 4.74 Å². The molecule has 2 aromatic rings. The fourth-order valence-corrected chi connectivity index (χ4v) is 3.09. The van der Waals surface area contributed by atoms with E-state index in [1.54, 1.807) is 0 Å². The largest absolute Gasteiger partial charge is 0.494 e. The second kappa shape index (κ2) is 7.33. The Kier molecular flexibility index (Phi) is 5.72. The first-order valence-corrected chi connectivity index (χ1v) is 8.36. The van der Waals surface area contributed by atoms with Gasteiger partial charge in [-0.15, -0.1) is 11.6 Å². The van der Waals surface area contributed by atoms with Crippen molar-refractivity contribution in [3.05, 3.63) is 63.1 Å². The number of halogens is 2. The van der Waals surface area contributed by atoms with E-state index in [9.17, 15) is 0 Å². The first-order valence-electron chi connectivity index (χ1n) is 7.13. The molecule has 0 aliphatic rings. The van der Waals surface area contributed by atoms with Crippen LogP contribution in [0.5, 0.6) is 5.75 Å². The molecule has 1 unspecified atom stereocenters. The van der Waals surface area contributed by atoms with Gasteiger partial charge in [-0.1, -0.05) is 39.7 Å². The van der Waals surface area contributed by atoms with Crippen molar-refractivity contribution in [3.63, 3.8) is 0 Å². The van der Waals surface area contributed by atoms with Crippen LogP contribution >= 0.6 is 27.5 Å². The summed E-state index contributed by atoms with van der Waals surface area (Å²) in [4.78, 5) is 0. The molecular weight excluding hydrogens is 348 g/mol. The zero-order valence-electron chi connectivity index (χ0n) is 12.6. The third kappa shape index (κ3) is 4.24. The van der Waals surface area contributed by atoms with Crippen LogP contribution in [-0.4, -0.2) is 6.61 Å². The maximum Gasteiger partial charge on any atom is 0.124 e. The molecule has 2 aromatic carbocycles. The highest BCUT2D eigenvalue weighted by molar-refractivity contribution is 9.10. The van der Waals surface area contributed by atoms with Crippen LogP contribution in [0.4, 0.5) is 0 Å². The highest BCUT2D eigenvalue weighted by atomic mass is 79.9. The molecule has 0 heterocycles. The number of hydrogen-bond acceptors (Lipinski definition) is 1. The summed E-state index contributed by atoms with van der Waals surface area (Å²) in [7, 11) is 0. The van der Waals surface area contributed by atoms with Gasteiger partial charge in [0.05, 0.1) is 12.0 Å². The molecule has 0 saturated carbocycles. The molecule has 112 valence electrons. The maximum atomic E-state index is 6.68. The summed E-state index contributed by atoms with van der Waals surface area (Å²) in [6.07, 6.45) is 0.797. The Morgan fingerprint density at radius 1 is 1.14 bits per heavy atom. The number of benzene rings is 2. The zero-order valence-corrected chi connectivity index (χ0v) is 15.0. The van der Waals surface area contributed by atoms with E-state index < -0.39 is 0 Å². The van der Waals surface area contributed by atoms with E-state index in [2.05, 4.69) is 48.0 Å². The Morgan fingerprint density at radius 3 is 2.62 bits per heavy atom. The van der Waals surface area contributed by atoms with Crippen LogP contribution in [0.2, 0.25) is 0 Å². The van der Waals surface area contributed by atoms with E-state index in [1.807, 2.05) is 25.1 Å². The molecule has 0 aliphatic heterocycles.